The van der Waals surface area contributed by atoms with E-state index in [0.29, 0.717) is 5.56 Å². The first-order chi connectivity index (χ1) is 8.68. The molecule has 0 aromatic heterocycles. The largest absolute Gasteiger partial charge is 0.387 e. The maximum absolute atomic E-state index is 12.3. The Morgan fingerprint density at radius 3 is 2.33 bits per heavy atom. The summed E-state index contributed by atoms with van der Waals surface area (Å²) in [5.41, 5.74) is 3.43. The van der Waals surface area contributed by atoms with Crippen LogP contribution in [0.1, 0.15) is 39.1 Å². The topological polar surface area (TPSA) is 37.3 Å². The Morgan fingerprint density at radius 1 is 1.00 bits per heavy atom. The van der Waals surface area contributed by atoms with E-state index in [2.05, 4.69) is 0 Å². The Balaban J connectivity index is 2.06. The van der Waals surface area contributed by atoms with E-state index in [-0.39, 0.29) is 5.78 Å². The quantitative estimate of drug-likeness (QED) is 0.829. The fourth-order valence-electron chi connectivity index (χ4n) is 2.58. The van der Waals surface area contributed by atoms with Gasteiger partial charge in [-0.3, -0.25) is 4.79 Å². The van der Waals surface area contributed by atoms with E-state index in [9.17, 15) is 9.90 Å². The van der Waals surface area contributed by atoms with Crippen LogP contribution in [0.3, 0.4) is 0 Å². The van der Waals surface area contributed by atoms with Gasteiger partial charge in [-0.15, -0.1) is 0 Å². The van der Waals surface area contributed by atoms with Crippen molar-refractivity contribution < 1.29 is 9.90 Å². The van der Waals surface area contributed by atoms with Crippen LogP contribution in [0.15, 0.2) is 48.5 Å². The highest BCUT2D eigenvalue weighted by molar-refractivity contribution is 6.06. The molecule has 0 saturated heterocycles. The number of aliphatic hydroxyl groups excluding tert-OH is 1. The van der Waals surface area contributed by atoms with Gasteiger partial charge in [0, 0.05) is 5.56 Å². The second-order valence-corrected chi connectivity index (χ2v) is 4.78. The standard InChI is InChI=1S/C16H14O2/c1-10-6-8-11(9-7-10)14-15(17)12-4-2-3-5-13(12)16(14)18/h2-9,14-15,17H,1H3. The Kier molecular flexibility index (Phi) is 2.53. The number of carbonyl (C=O) groups is 1. The molecule has 2 aromatic carbocycles. The molecule has 0 amide bonds. The SMILES string of the molecule is Cc1ccc(C2C(=O)c3ccccc3C2O)cc1. The Morgan fingerprint density at radius 2 is 1.67 bits per heavy atom. The van der Waals surface area contributed by atoms with Crippen molar-refractivity contribution in [2.45, 2.75) is 18.9 Å². The number of aryl methyl sites for hydroxylation is 1. The van der Waals surface area contributed by atoms with Crippen molar-refractivity contribution in [1.82, 2.24) is 0 Å². The molecule has 1 N–H and O–H groups in total. The summed E-state index contributed by atoms with van der Waals surface area (Å²) in [5, 5.41) is 10.3. The van der Waals surface area contributed by atoms with Crippen molar-refractivity contribution in [2.75, 3.05) is 0 Å². The molecular formula is C16H14O2. The van der Waals surface area contributed by atoms with Gasteiger partial charge in [-0.2, -0.15) is 0 Å². The molecule has 3 rings (SSSR count). The number of aliphatic hydroxyl groups is 1. The van der Waals surface area contributed by atoms with E-state index < -0.39 is 12.0 Å². The van der Waals surface area contributed by atoms with Crippen LogP contribution in [0.25, 0.3) is 0 Å². The Hall–Kier alpha value is -1.93. The number of carbonyl (C=O) groups excluding carboxylic acids is 1. The van der Waals surface area contributed by atoms with Gasteiger partial charge in [0.25, 0.3) is 0 Å². The molecule has 0 spiro atoms. The molecule has 2 heteroatoms. The zero-order valence-electron chi connectivity index (χ0n) is 10.1. The van der Waals surface area contributed by atoms with Gasteiger partial charge in [-0.05, 0) is 18.1 Å². The van der Waals surface area contributed by atoms with Crippen LogP contribution in [-0.4, -0.2) is 10.9 Å². The summed E-state index contributed by atoms with van der Waals surface area (Å²) in [6.45, 7) is 2.01. The van der Waals surface area contributed by atoms with Gasteiger partial charge >= 0.3 is 0 Å². The lowest BCUT2D eigenvalue weighted by molar-refractivity contribution is 0.0872. The van der Waals surface area contributed by atoms with Crippen molar-refractivity contribution in [2.24, 2.45) is 0 Å². The molecule has 18 heavy (non-hydrogen) atoms. The molecular weight excluding hydrogens is 224 g/mol. The van der Waals surface area contributed by atoms with Crippen molar-refractivity contribution in [3.05, 3.63) is 70.8 Å². The van der Waals surface area contributed by atoms with Gasteiger partial charge < -0.3 is 5.11 Å². The fraction of sp³-hybridized carbons (Fsp3) is 0.188. The highest BCUT2D eigenvalue weighted by Gasteiger charge is 2.39. The molecule has 0 heterocycles. The average Bonchev–Trinajstić information content (AvgIpc) is 2.64. The Labute approximate surface area is 106 Å². The molecule has 0 fully saturated rings. The zero-order valence-corrected chi connectivity index (χ0v) is 10.1. The lowest BCUT2D eigenvalue weighted by Gasteiger charge is -2.14. The fourth-order valence-corrected chi connectivity index (χ4v) is 2.58. The normalized spacial score (nSPS) is 22.0. The summed E-state index contributed by atoms with van der Waals surface area (Å²) in [6.07, 6.45) is -0.726. The summed E-state index contributed by atoms with van der Waals surface area (Å²) in [4.78, 5) is 12.3. The van der Waals surface area contributed by atoms with Crippen LogP contribution in [0.5, 0.6) is 0 Å². The van der Waals surface area contributed by atoms with Crippen molar-refractivity contribution >= 4 is 5.78 Å². The minimum absolute atomic E-state index is 0.0157. The molecule has 2 atom stereocenters. The number of hydrogen-bond acceptors (Lipinski definition) is 2. The highest BCUT2D eigenvalue weighted by atomic mass is 16.3. The van der Waals surface area contributed by atoms with Crippen LogP contribution in [0.4, 0.5) is 0 Å². The summed E-state index contributed by atoms with van der Waals surface area (Å²) in [5.74, 6) is -0.440. The lowest BCUT2D eigenvalue weighted by Crippen LogP contribution is -2.11. The van der Waals surface area contributed by atoms with Crippen LogP contribution >= 0.6 is 0 Å². The highest BCUT2D eigenvalue weighted by Crippen LogP contribution is 2.41. The molecule has 0 saturated carbocycles. The van der Waals surface area contributed by atoms with Gasteiger partial charge in [-0.1, -0.05) is 54.1 Å². The number of Topliss-reactive ketones (excluding diaryl/α,β-unsaturated/α-hetero) is 1. The molecule has 1 aliphatic carbocycles. The monoisotopic (exact) mass is 238 g/mol. The van der Waals surface area contributed by atoms with E-state index in [1.165, 1.54) is 0 Å². The summed E-state index contributed by atoms with van der Waals surface area (Å²) < 4.78 is 0. The molecule has 2 unspecified atom stereocenters. The van der Waals surface area contributed by atoms with E-state index in [0.717, 1.165) is 16.7 Å². The van der Waals surface area contributed by atoms with Crippen molar-refractivity contribution in [1.29, 1.82) is 0 Å². The molecule has 0 aliphatic heterocycles. The van der Waals surface area contributed by atoms with Crippen LogP contribution in [0.2, 0.25) is 0 Å². The predicted molar refractivity (Wildman–Crippen MR) is 69.7 cm³/mol. The average molecular weight is 238 g/mol. The second-order valence-electron chi connectivity index (χ2n) is 4.78. The summed E-state index contributed by atoms with van der Waals surface area (Å²) in [6, 6.07) is 15.1. The molecule has 1 aliphatic rings. The van der Waals surface area contributed by atoms with E-state index in [1.54, 1.807) is 6.07 Å². The molecule has 2 nitrogen and oxygen atoms in total. The first-order valence-corrected chi connectivity index (χ1v) is 6.06. The predicted octanol–water partition coefficient (Wildman–Crippen LogP) is 3.01. The van der Waals surface area contributed by atoms with Gasteiger partial charge in [0.15, 0.2) is 5.78 Å². The van der Waals surface area contributed by atoms with E-state index >= 15 is 0 Å². The third kappa shape index (κ3) is 1.57. The smallest absolute Gasteiger partial charge is 0.173 e. The van der Waals surface area contributed by atoms with E-state index in [4.69, 9.17) is 0 Å². The van der Waals surface area contributed by atoms with Crippen LogP contribution in [0, 0.1) is 6.92 Å². The number of ketones is 1. The summed E-state index contributed by atoms with van der Waals surface area (Å²) in [7, 11) is 0. The maximum atomic E-state index is 12.3. The molecule has 2 aromatic rings. The zero-order chi connectivity index (χ0) is 12.7. The number of benzene rings is 2. The first-order valence-electron chi connectivity index (χ1n) is 6.06. The molecule has 0 radical (unpaired) electrons. The second kappa shape index (κ2) is 4.07. The third-order valence-electron chi connectivity index (χ3n) is 3.58. The number of rotatable bonds is 1. The van der Waals surface area contributed by atoms with Gasteiger partial charge in [-0.25, -0.2) is 0 Å². The lowest BCUT2D eigenvalue weighted by atomic mass is 9.92. The minimum atomic E-state index is -0.726. The van der Waals surface area contributed by atoms with Crippen molar-refractivity contribution in [3.8, 4) is 0 Å². The first kappa shape index (κ1) is 11.2. The van der Waals surface area contributed by atoms with Gasteiger partial charge in [0.1, 0.15) is 0 Å². The van der Waals surface area contributed by atoms with Gasteiger partial charge in [0.05, 0.1) is 12.0 Å². The van der Waals surface area contributed by atoms with Crippen molar-refractivity contribution in [3.63, 3.8) is 0 Å². The van der Waals surface area contributed by atoms with E-state index in [1.807, 2.05) is 49.4 Å². The third-order valence-corrected chi connectivity index (χ3v) is 3.58. The van der Waals surface area contributed by atoms with Crippen LogP contribution < -0.4 is 0 Å². The minimum Gasteiger partial charge on any atom is -0.387 e. The maximum Gasteiger partial charge on any atom is 0.173 e. The molecule has 90 valence electrons. The Bertz CT molecular complexity index is 599. The van der Waals surface area contributed by atoms with Crippen LogP contribution in [-0.2, 0) is 0 Å². The van der Waals surface area contributed by atoms with Gasteiger partial charge in [0.2, 0.25) is 0 Å². The number of fused-ring (bicyclic) bond motifs is 1. The molecule has 0 bridgehead atoms. The number of hydrogen-bond donors (Lipinski definition) is 1. The summed E-state index contributed by atoms with van der Waals surface area (Å²) >= 11 is 0.